The molecule has 26 heavy (non-hydrogen) atoms. The fourth-order valence-corrected chi connectivity index (χ4v) is 4.41. The van der Waals surface area contributed by atoms with Crippen molar-refractivity contribution >= 4 is 10.0 Å². The van der Waals surface area contributed by atoms with Crippen molar-refractivity contribution in [3.05, 3.63) is 88.7 Å². The summed E-state index contributed by atoms with van der Waals surface area (Å²) in [6.45, 7) is 6.27. The maximum absolute atomic E-state index is 12.5. The number of aromatic nitrogens is 1. The topological polar surface area (TPSA) is 51.1 Å². The van der Waals surface area contributed by atoms with E-state index in [1.807, 2.05) is 81.4 Å². The molecule has 0 aliphatic rings. The molecule has 2 aromatic carbocycles. The standard InChI is InChI=1S/C21H24N2O2S/c1-16-9-7-8-10-19(16)15-26(24,25)22-14-20-13-17(2)23(18(20)3)21-11-5-4-6-12-21/h4-13,22H,14-15H2,1-3H3. The largest absolute Gasteiger partial charge is 0.318 e. The van der Waals surface area contributed by atoms with Crippen LogP contribution in [0.2, 0.25) is 0 Å². The number of hydrogen-bond donors (Lipinski definition) is 1. The van der Waals surface area contributed by atoms with Gasteiger partial charge in [0.1, 0.15) is 0 Å². The van der Waals surface area contributed by atoms with Gasteiger partial charge in [0.15, 0.2) is 0 Å². The number of nitrogens with zero attached hydrogens (tertiary/aromatic N) is 1. The van der Waals surface area contributed by atoms with Crippen molar-refractivity contribution in [2.24, 2.45) is 0 Å². The van der Waals surface area contributed by atoms with Crippen molar-refractivity contribution in [1.29, 1.82) is 0 Å². The molecule has 0 spiro atoms. The molecule has 0 fully saturated rings. The third kappa shape index (κ3) is 4.06. The van der Waals surface area contributed by atoms with Crippen molar-refractivity contribution in [3.8, 4) is 5.69 Å². The highest BCUT2D eigenvalue weighted by Crippen LogP contribution is 2.21. The number of hydrogen-bond acceptors (Lipinski definition) is 2. The van der Waals surface area contributed by atoms with Gasteiger partial charge < -0.3 is 4.57 Å². The lowest BCUT2D eigenvalue weighted by atomic mass is 10.1. The molecule has 0 radical (unpaired) electrons. The molecule has 0 aliphatic carbocycles. The second-order valence-corrected chi connectivity index (χ2v) is 8.38. The zero-order chi connectivity index (χ0) is 18.7. The molecule has 4 nitrogen and oxygen atoms in total. The molecular weight excluding hydrogens is 344 g/mol. The molecular formula is C21H24N2O2S. The van der Waals surface area contributed by atoms with E-state index in [4.69, 9.17) is 0 Å². The first-order chi connectivity index (χ1) is 12.4. The van der Waals surface area contributed by atoms with E-state index in [0.29, 0.717) is 6.54 Å². The van der Waals surface area contributed by atoms with Gasteiger partial charge in [-0.3, -0.25) is 0 Å². The van der Waals surface area contributed by atoms with Crippen molar-refractivity contribution in [2.75, 3.05) is 0 Å². The Labute approximate surface area is 155 Å². The monoisotopic (exact) mass is 368 g/mol. The van der Waals surface area contributed by atoms with E-state index in [1.54, 1.807) is 0 Å². The first-order valence-electron chi connectivity index (χ1n) is 8.62. The second-order valence-electron chi connectivity index (χ2n) is 6.57. The van der Waals surface area contributed by atoms with Crippen LogP contribution in [-0.4, -0.2) is 13.0 Å². The Morgan fingerprint density at radius 3 is 2.23 bits per heavy atom. The first-order valence-corrected chi connectivity index (χ1v) is 10.3. The highest BCUT2D eigenvalue weighted by molar-refractivity contribution is 7.88. The van der Waals surface area contributed by atoms with Crippen LogP contribution in [0.25, 0.3) is 5.69 Å². The molecule has 3 aromatic rings. The molecule has 0 bridgehead atoms. The van der Waals surface area contributed by atoms with Gasteiger partial charge in [0, 0.05) is 23.6 Å². The zero-order valence-electron chi connectivity index (χ0n) is 15.4. The Balaban J connectivity index is 1.77. The molecule has 136 valence electrons. The Bertz CT molecular complexity index is 1010. The van der Waals surface area contributed by atoms with E-state index < -0.39 is 10.0 Å². The van der Waals surface area contributed by atoms with Gasteiger partial charge in [-0.25, -0.2) is 13.1 Å². The highest BCUT2D eigenvalue weighted by atomic mass is 32.2. The van der Waals surface area contributed by atoms with Crippen LogP contribution in [0.15, 0.2) is 60.7 Å². The minimum atomic E-state index is -3.40. The van der Waals surface area contributed by atoms with Gasteiger partial charge in [-0.2, -0.15) is 0 Å². The molecule has 0 amide bonds. The lowest BCUT2D eigenvalue weighted by Crippen LogP contribution is -2.25. The molecule has 1 heterocycles. The maximum Gasteiger partial charge on any atom is 0.216 e. The summed E-state index contributed by atoms with van der Waals surface area (Å²) in [5, 5.41) is 0. The van der Waals surface area contributed by atoms with Crippen LogP contribution in [0.3, 0.4) is 0 Å². The van der Waals surface area contributed by atoms with Crippen molar-refractivity contribution in [2.45, 2.75) is 33.1 Å². The Morgan fingerprint density at radius 1 is 0.885 bits per heavy atom. The summed E-state index contributed by atoms with van der Waals surface area (Å²) in [6.07, 6.45) is 0. The van der Waals surface area contributed by atoms with Gasteiger partial charge in [-0.05, 0) is 55.7 Å². The maximum atomic E-state index is 12.5. The number of rotatable bonds is 6. The quantitative estimate of drug-likeness (QED) is 0.714. The number of para-hydroxylation sites is 1. The van der Waals surface area contributed by atoms with E-state index in [0.717, 1.165) is 33.8 Å². The van der Waals surface area contributed by atoms with E-state index in [-0.39, 0.29) is 5.75 Å². The van der Waals surface area contributed by atoms with Crippen LogP contribution in [0.5, 0.6) is 0 Å². The fourth-order valence-electron chi connectivity index (χ4n) is 3.20. The van der Waals surface area contributed by atoms with E-state index >= 15 is 0 Å². The SMILES string of the molecule is Cc1ccccc1CS(=O)(=O)NCc1cc(C)n(-c2ccccc2)c1C. The van der Waals surface area contributed by atoms with E-state index in [2.05, 4.69) is 9.29 Å². The fraction of sp³-hybridized carbons (Fsp3) is 0.238. The summed E-state index contributed by atoms with van der Waals surface area (Å²) in [5.74, 6) is -0.00288. The van der Waals surface area contributed by atoms with Gasteiger partial charge in [0.05, 0.1) is 5.75 Å². The molecule has 1 N–H and O–H groups in total. The normalized spacial score (nSPS) is 11.7. The van der Waals surface area contributed by atoms with Crippen LogP contribution in [-0.2, 0) is 22.3 Å². The summed E-state index contributed by atoms with van der Waals surface area (Å²) in [7, 11) is -3.40. The molecule has 0 aliphatic heterocycles. The smallest absolute Gasteiger partial charge is 0.216 e. The Kier molecular flexibility index (Phi) is 5.30. The Morgan fingerprint density at radius 2 is 1.54 bits per heavy atom. The molecule has 0 atom stereocenters. The molecule has 5 heteroatoms. The highest BCUT2D eigenvalue weighted by Gasteiger charge is 2.16. The molecule has 0 unspecified atom stereocenters. The molecule has 1 aromatic heterocycles. The zero-order valence-corrected chi connectivity index (χ0v) is 16.2. The van der Waals surface area contributed by atoms with E-state index in [9.17, 15) is 8.42 Å². The molecule has 0 saturated heterocycles. The van der Waals surface area contributed by atoms with Crippen LogP contribution in [0, 0.1) is 20.8 Å². The van der Waals surface area contributed by atoms with Gasteiger partial charge in [0.25, 0.3) is 0 Å². The van der Waals surface area contributed by atoms with Gasteiger partial charge in [-0.1, -0.05) is 42.5 Å². The van der Waals surface area contributed by atoms with Gasteiger partial charge >= 0.3 is 0 Å². The van der Waals surface area contributed by atoms with Crippen molar-refractivity contribution in [1.82, 2.24) is 9.29 Å². The van der Waals surface area contributed by atoms with Gasteiger partial charge in [-0.15, -0.1) is 0 Å². The summed E-state index contributed by atoms with van der Waals surface area (Å²) in [4.78, 5) is 0. The minimum absolute atomic E-state index is 0.00288. The average molecular weight is 369 g/mol. The third-order valence-corrected chi connectivity index (χ3v) is 5.91. The number of sulfonamides is 1. The predicted molar refractivity (Wildman–Crippen MR) is 106 cm³/mol. The molecule has 0 saturated carbocycles. The number of nitrogens with one attached hydrogen (secondary N) is 1. The predicted octanol–water partition coefficient (Wildman–Crippen LogP) is 4.02. The van der Waals surface area contributed by atoms with Crippen LogP contribution >= 0.6 is 0 Å². The first kappa shape index (κ1) is 18.4. The van der Waals surface area contributed by atoms with Gasteiger partial charge in [0.2, 0.25) is 10.0 Å². The van der Waals surface area contributed by atoms with Crippen LogP contribution < -0.4 is 4.72 Å². The minimum Gasteiger partial charge on any atom is -0.318 e. The Hall–Kier alpha value is -2.37. The second kappa shape index (κ2) is 7.48. The third-order valence-electron chi connectivity index (χ3n) is 4.64. The van der Waals surface area contributed by atoms with Crippen LogP contribution in [0.4, 0.5) is 0 Å². The summed E-state index contributed by atoms with van der Waals surface area (Å²) >= 11 is 0. The summed E-state index contributed by atoms with van der Waals surface area (Å²) in [6, 6.07) is 19.7. The lowest BCUT2D eigenvalue weighted by molar-refractivity contribution is 0.580. The summed E-state index contributed by atoms with van der Waals surface area (Å²) in [5.41, 5.74) is 6.01. The van der Waals surface area contributed by atoms with Crippen molar-refractivity contribution in [3.63, 3.8) is 0 Å². The van der Waals surface area contributed by atoms with Crippen LogP contribution in [0.1, 0.15) is 28.1 Å². The van der Waals surface area contributed by atoms with Crippen molar-refractivity contribution < 1.29 is 8.42 Å². The number of aryl methyl sites for hydroxylation is 2. The van der Waals surface area contributed by atoms with E-state index in [1.165, 1.54) is 0 Å². The lowest BCUT2D eigenvalue weighted by Gasteiger charge is -2.11. The average Bonchev–Trinajstić information content (AvgIpc) is 2.90. The summed E-state index contributed by atoms with van der Waals surface area (Å²) < 4.78 is 29.8. The number of benzene rings is 2. The molecule has 3 rings (SSSR count).